The molecule has 1 aliphatic rings. The van der Waals surface area contributed by atoms with Gasteiger partial charge in [-0.15, -0.1) is 0 Å². The molecule has 0 N–H and O–H groups in total. The summed E-state index contributed by atoms with van der Waals surface area (Å²) in [6.45, 7) is 5.28. The van der Waals surface area contributed by atoms with Crippen LogP contribution in [0.25, 0.3) is 0 Å². The maximum absolute atomic E-state index is 12.7. The van der Waals surface area contributed by atoms with Gasteiger partial charge in [0.05, 0.1) is 18.5 Å². The van der Waals surface area contributed by atoms with Crippen molar-refractivity contribution in [2.45, 2.75) is 62.9 Å². The van der Waals surface area contributed by atoms with E-state index in [0.717, 1.165) is 4.90 Å². The third kappa shape index (κ3) is 6.26. The number of unbranched alkanes of at least 4 members (excludes halogenated alkanes) is 1. The molecule has 1 heterocycles. The lowest BCUT2D eigenvalue weighted by molar-refractivity contribution is -0.161. The predicted molar refractivity (Wildman–Crippen MR) is 97.7 cm³/mol. The molecule has 1 rings (SSSR count). The molecule has 0 saturated carbocycles. The zero-order chi connectivity index (χ0) is 20.1. The minimum Gasteiger partial charge on any atom is -0.469 e. The van der Waals surface area contributed by atoms with Crippen LogP contribution in [0.5, 0.6) is 0 Å². The van der Waals surface area contributed by atoms with Crippen molar-refractivity contribution in [2.75, 3.05) is 20.7 Å². The van der Waals surface area contributed by atoms with Gasteiger partial charge in [0.2, 0.25) is 5.91 Å². The molecule has 0 aromatic heterocycles. The molecule has 3 amide bonds. The Labute approximate surface area is 162 Å². The summed E-state index contributed by atoms with van der Waals surface area (Å²) in [6, 6.07) is -1.49. The van der Waals surface area contributed by atoms with Gasteiger partial charge in [-0.3, -0.25) is 9.59 Å². The summed E-state index contributed by atoms with van der Waals surface area (Å²) in [5, 5.41) is 0. The first-order valence-corrected chi connectivity index (χ1v) is 9.41. The maximum atomic E-state index is 12.7. The van der Waals surface area contributed by atoms with Crippen molar-refractivity contribution in [1.82, 2.24) is 9.80 Å². The van der Waals surface area contributed by atoms with Crippen molar-refractivity contribution in [3.8, 4) is 0 Å². The molecule has 1 unspecified atom stereocenters. The maximum Gasteiger partial charge on any atom is 0.331 e. The zero-order valence-corrected chi connectivity index (χ0v) is 17.5. The van der Waals surface area contributed by atoms with E-state index in [1.807, 2.05) is 0 Å². The van der Waals surface area contributed by atoms with Gasteiger partial charge in [-0.1, -0.05) is 22.4 Å². The number of urea groups is 1. The Morgan fingerprint density at radius 3 is 2.42 bits per heavy atom. The van der Waals surface area contributed by atoms with Crippen molar-refractivity contribution >= 4 is 39.8 Å². The van der Waals surface area contributed by atoms with Gasteiger partial charge in [-0.2, -0.15) is 0 Å². The van der Waals surface area contributed by atoms with E-state index >= 15 is 0 Å². The van der Waals surface area contributed by atoms with Gasteiger partial charge in [-0.05, 0) is 33.6 Å². The molecule has 1 aliphatic heterocycles. The highest BCUT2D eigenvalue weighted by Crippen LogP contribution is 2.23. The zero-order valence-electron chi connectivity index (χ0n) is 15.9. The third-order valence-corrected chi connectivity index (χ3v) is 4.64. The van der Waals surface area contributed by atoms with Crippen LogP contribution < -0.4 is 0 Å². The molecule has 0 aromatic rings. The van der Waals surface area contributed by atoms with Gasteiger partial charge >= 0.3 is 18.0 Å². The highest BCUT2D eigenvalue weighted by molar-refractivity contribution is 9.10. The molecule has 0 aliphatic carbocycles. The Bertz CT molecular complexity index is 560. The fraction of sp³-hybridized carbons (Fsp3) is 0.765. The molecule has 0 radical (unpaired) electrons. The summed E-state index contributed by atoms with van der Waals surface area (Å²) in [5.41, 5.74) is -0.711. The van der Waals surface area contributed by atoms with Crippen LogP contribution in [0.15, 0.2) is 0 Å². The summed E-state index contributed by atoms with van der Waals surface area (Å²) in [4.78, 5) is 50.2. The van der Waals surface area contributed by atoms with E-state index in [9.17, 15) is 19.2 Å². The Morgan fingerprint density at radius 2 is 1.88 bits per heavy atom. The topological polar surface area (TPSA) is 93.2 Å². The van der Waals surface area contributed by atoms with Crippen molar-refractivity contribution in [3.63, 3.8) is 0 Å². The molecule has 8 nitrogen and oxygen atoms in total. The number of imide groups is 1. The number of alkyl halides is 1. The van der Waals surface area contributed by atoms with E-state index < -0.39 is 34.4 Å². The third-order valence-electron chi connectivity index (χ3n) is 3.79. The van der Waals surface area contributed by atoms with Gasteiger partial charge in [0, 0.05) is 13.5 Å². The Hall–Kier alpha value is -1.64. The number of nitrogens with zero attached hydrogens (tertiary/aromatic N) is 2. The Kier molecular flexibility index (Phi) is 8.05. The monoisotopic (exact) mass is 434 g/mol. The first kappa shape index (κ1) is 22.4. The van der Waals surface area contributed by atoms with Gasteiger partial charge < -0.3 is 14.4 Å². The summed E-state index contributed by atoms with van der Waals surface area (Å²) in [5.74, 6) is -1.38. The number of likely N-dealkylation sites (N-methyl/N-ethyl adjacent to an activating group) is 1. The molecule has 0 bridgehead atoms. The number of methoxy groups -OCH3 is 1. The van der Waals surface area contributed by atoms with Crippen molar-refractivity contribution < 1.29 is 28.7 Å². The molecule has 26 heavy (non-hydrogen) atoms. The number of carbonyl (C=O) groups excluding carboxylic acids is 4. The Morgan fingerprint density at radius 1 is 1.27 bits per heavy atom. The number of halogens is 1. The fourth-order valence-corrected chi connectivity index (χ4v) is 3.05. The summed E-state index contributed by atoms with van der Waals surface area (Å²) in [7, 11) is 2.86. The highest BCUT2D eigenvalue weighted by Gasteiger charge is 2.46. The number of hydrogen-bond acceptors (Lipinski definition) is 6. The lowest BCUT2D eigenvalue weighted by Crippen LogP contribution is -2.48. The standard InChI is InChI=1S/C17H27BrN2O6/c1-17(2,3)26-15(23)12-10-19(4)16(24)20(12)14(22)11(18)8-6-7-9-13(21)25-5/h11-12H,6-10H2,1-5H3/t11?,12-/m0/s1. The van der Waals surface area contributed by atoms with E-state index in [2.05, 4.69) is 20.7 Å². The minimum absolute atomic E-state index is 0.0988. The number of hydrogen-bond donors (Lipinski definition) is 0. The van der Waals surface area contributed by atoms with Crippen LogP contribution in [-0.2, 0) is 23.9 Å². The minimum atomic E-state index is -0.964. The van der Waals surface area contributed by atoms with Crippen LogP contribution >= 0.6 is 15.9 Å². The molecular weight excluding hydrogens is 408 g/mol. The van der Waals surface area contributed by atoms with Crippen molar-refractivity contribution in [1.29, 1.82) is 0 Å². The van der Waals surface area contributed by atoms with Gasteiger partial charge in [-0.25, -0.2) is 14.5 Å². The predicted octanol–water partition coefficient (Wildman–Crippen LogP) is 2.09. The van der Waals surface area contributed by atoms with Crippen molar-refractivity contribution in [3.05, 3.63) is 0 Å². The van der Waals surface area contributed by atoms with Crippen molar-refractivity contribution in [2.24, 2.45) is 0 Å². The second-order valence-corrected chi connectivity index (χ2v) is 8.32. The molecule has 9 heteroatoms. The molecule has 1 saturated heterocycles. The first-order chi connectivity index (χ1) is 12.0. The summed E-state index contributed by atoms with van der Waals surface area (Å²) in [6.07, 6.45) is 1.89. The van der Waals surface area contributed by atoms with Crippen LogP contribution in [0.3, 0.4) is 0 Å². The van der Waals surface area contributed by atoms with E-state index in [0.29, 0.717) is 19.3 Å². The van der Waals surface area contributed by atoms with Crippen LogP contribution in [0.4, 0.5) is 4.79 Å². The lowest BCUT2D eigenvalue weighted by atomic mass is 10.1. The van der Waals surface area contributed by atoms with Gasteiger partial charge in [0.15, 0.2) is 6.04 Å². The normalized spacial score (nSPS) is 18.7. The number of ether oxygens (including phenoxy) is 2. The fourth-order valence-electron chi connectivity index (χ4n) is 2.50. The van der Waals surface area contributed by atoms with E-state index in [1.165, 1.54) is 19.1 Å². The quantitative estimate of drug-likeness (QED) is 0.346. The lowest BCUT2D eigenvalue weighted by Gasteiger charge is -2.26. The van der Waals surface area contributed by atoms with E-state index in [-0.39, 0.29) is 18.9 Å². The smallest absolute Gasteiger partial charge is 0.331 e. The van der Waals surface area contributed by atoms with E-state index in [4.69, 9.17) is 4.74 Å². The molecule has 0 spiro atoms. The van der Waals surface area contributed by atoms with Crippen LogP contribution in [0.1, 0.15) is 46.5 Å². The highest BCUT2D eigenvalue weighted by atomic mass is 79.9. The average Bonchev–Trinajstić information content (AvgIpc) is 2.84. The van der Waals surface area contributed by atoms with E-state index in [1.54, 1.807) is 20.8 Å². The number of carbonyl (C=O) groups is 4. The van der Waals surface area contributed by atoms with Crippen LogP contribution in [0.2, 0.25) is 0 Å². The van der Waals surface area contributed by atoms with Gasteiger partial charge in [0.25, 0.3) is 0 Å². The first-order valence-electron chi connectivity index (χ1n) is 8.50. The number of rotatable bonds is 7. The molecule has 148 valence electrons. The number of esters is 2. The Balaban J connectivity index is 2.71. The second kappa shape index (κ2) is 9.34. The largest absolute Gasteiger partial charge is 0.469 e. The molecule has 2 atom stereocenters. The molecule has 0 aromatic carbocycles. The summed E-state index contributed by atoms with van der Waals surface area (Å²) < 4.78 is 9.90. The number of amides is 3. The molecule has 1 fully saturated rings. The van der Waals surface area contributed by atoms with Crippen LogP contribution in [-0.4, -0.2) is 70.8 Å². The molecular formula is C17H27BrN2O6. The average molecular weight is 435 g/mol. The van der Waals surface area contributed by atoms with Crippen LogP contribution in [0, 0.1) is 0 Å². The summed E-state index contributed by atoms with van der Waals surface area (Å²) >= 11 is 3.29. The second-order valence-electron chi connectivity index (χ2n) is 7.21. The SMILES string of the molecule is COC(=O)CCCCC(Br)C(=O)N1C(=O)N(C)C[C@H]1C(=O)OC(C)(C)C. The van der Waals surface area contributed by atoms with Gasteiger partial charge in [0.1, 0.15) is 5.60 Å².